The number of methoxy groups -OCH3 is 3. The molecular formula is C19H20N4O3S. The molecule has 7 nitrogen and oxygen atoms in total. The number of hydrogen-bond acceptors (Lipinski definition) is 6. The molecule has 0 saturated heterocycles. The lowest BCUT2D eigenvalue weighted by Crippen LogP contribution is -1.98. The number of ether oxygens (including phenoxy) is 3. The van der Waals surface area contributed by atoms with Crippen LogP contribution in [0.3, 0.4) is 0 Å². The minimum Gasteiger partial charge on any atom is -0.493 e. The average molecular weight is 384 g/mol. The van der Waals surface area contributed by atoms with Gasteiger partial charge in [-0.2, -0.15) is 14.9 Å². The molecule has 0 aliphatic heterocycles. The zero-order chi connectivity index (χ0) is 19.4. The second-order valence-corrected chi connectivity index (χ2v) is 6.12. The van der Waals surface area contributed by atoms with Gasteiger partial charge < -0.3 is 14.2 Å². The van der Waals surface area contributed by atoms with E-state index < -0.39 is 0 Å². The van der Waals surface area contributed by atoms with Crippen LogP contribution in [-0.4, -0.2) is 42.4 Å². The maximum absolute atomic E-state index is 5.37. The standard InChI is InChI=1S/C19H20N4O3S/c1-12-6-5-7-14(8-12)18-21-22-19(27)23(18)20-11-13-9-15(24-2)17(26-4)16(10-13)25-3/h5-11H,1-4H3,(H,22,27)/b20-11-. The number of nitrogens with one attached hydrogen (secondary N) is 1. The number of H-pyrrole nitrogens is 1. The molecule has 0 radical (unpaired) electrons. The Morgan fingerprint density at radius 3 is 2.37 bits per heavy atom. The van der Waals surface area contributed by atoms with Gasteiger partial charge in [-0.1, -0.05) is 23.8 Å². The molecule has 0 aliphatic rings. The molecule has 1 N–H and O–H groups in total. The molecule has 140 valence electrons. The molecule has 3 rings (SSSR count). The van der Waals surface area contributed by atoms with Crippen molar-refractivity contribution < 1.29 is 14.2 Å². The van der Waals surface area contributed by atoms with Gasteiger partial charge in [-0.25, -0.2) is 5.10 Å². The van der Waals surface area contributed by atoms with Crippen molar-refractivity contribution in [2.24, 2.45) is 5.10 Å². The molecule has 0 amide bonds. The molecule has 0 saturated carbocycles. The summed E-state index contributed by atoms with van der Waals surface area (Å²) in [5, 5.41) is 11.6. The lowest BCUT2D eigenvalue weighted by atomic mass is 10.1. The fourth-order valence-corrected chi connectivity index (χ4v) is 2.85. The molecule has 0 fully saturated rings. The summed E-state index contributed by atoms with van der Waals surface area (Å²) >= 11 is 5.32. The number of hydrogen-bond donors (Lipinski definition) is 1. The SMILES string of the molecule is COc1cc(/C=N\n2c(-c3cccc(C)c3)n[nH]c2=S)cc(OC)c1OC. The smallest absolute Gasteiger partial charge is 0.216 e. The molecule has 0 atom stereocenters. The summed E-state index contributed by atoms with van der Waals surface area (Å²) in [6.45, 7) is 2.02. The van der Waals surface area contributed by atoms with Crippen molar-refractivity contribution in [1.82, 2.24) is 14.9 Å². The van der Waals surface area contributed by atoms with Gasteiger partial charge in [-0.3, -0.25) is 0 Å². The van der Waals surface area contributed by atoms with Gasteiger partial charge in [0, 0.05) is 11.1 Å². The molecule has 0 bridgehead atoms. The van der Waals surface area contributed by atoms with E-state index in [2.05, 4.69) is 15.3 Å². The third-order valence-corrected chi connectivity index (χ3v) is 4.20. The monoisotopic (exact) mass is 384 g/mol. The first-order chi connectivity index (χ1) is 13.1. The van der Waals surface area contributed by atoms with E-state index >= 15 is 0 Å². The van der Waals surface area contributed by atoms with E-state index in [1.165, 1.54) is 0 Å². The molecule has 2 aromatic carbocycles. The van der Waals surface area contributed by atoms with Gasteiger partial charge in [0.05, 0.1) is 27.5 Å². The van der Waals surface area contributed by atoms with Crippen LogP contribution in [0, 0.1) is 11.7 Å². The lowest BCUT2D eigenvalue weighted by Gasteiger charge is -2.12. The Morgan fingerprint density at radius 1 is 1.07 bits per heavy atom. The normalized spacial score (nSPS) is 11.0. The van der Waals surface area contributed by atoms with E-state index in [1.54, 1.807) is 44.4 Å². The molecule has 0 aliphatic carbocycles. The van der Waals surface area contributed by atoms with Gasteiger partial charge in [0.25, 0.3) is 0 Å². The van der Waals surface area contributed by atoms with E-state index in [0.717, 1.165) is 16.7 Å². The van der Waals surface area contributed by atoms with E-state index in [9.17, 15) is 0 Å². The van der Waals surface area contributed by atoms with Crippen LogP contribution in [0.5, 0.6) is 17.2 Å². The first-order valence-electron chi connectivity index (χ1n) is 8.16. The Balaban J connectivity index is 2.03. The first-order valence-corrected chi connectivity index (χ1v) is 8.57. The number of rotatable bonds is 6. The van der Waals surface area contributed by atoms with Crippen molar-refractivity contribution in [3.63, 3.8) is 0 Å². The Labute approximate surface area is 162 Å². The summed E-state index contributed by atoms with van der Waals surface area (Å²) in [5.74, 6) is 2.26. The summed E-state index contributed by atoms with van der Waals surface area (Å²) in [5.41, 5.74) is 2.81. The van der Waals surface area contributed by atoms with Crippen LogP contribution >= 0.6 is 12.2 Å². The fourth-order valence-electron chi connectivity index (χ4n) is 2.67. The van der Waals surface area contributed by atoms with Crippen molar-refractivity contribution >= 4 is 18.4 Å². The minimum absolute atomic E-state index is 0.398. The predicted octanol–water partition coefficient (Wildman–Crippen LogP) is 3.82. The molecule has 3 aromatic rings. The number of aryl methyl sites for hydroxylation is 1. The maximum atomic E-state index is 5.37. The predicted molar refractivity (Wildman–Crippen MR) is 107 cm³/mol. The first kappa shape index (κ1) is 18.7. The highest BCUT2D eigenvalue weighted by Gasteiger charge is 2.13. The highest BCUT2D eigenvalue weighted by Crippen LogP contribution is 2.37. The molecule has 0 spiro atoms. The Morgan fingerprint density at radius 2 is 1.78 bits per heavy atom. The van der Waals surface area contributed by atoms with Crippen LogP contribution in [0.1, 0.15) is 11.1 Å². The minimum atomic E-state index is 0.398. The van der Waals surface area contributed by atoms with E-state index in [0.29, 0.717) is 27.8 Å². The van der Waals surface area contributed by atoms with Crippen molar-refractivity contribution in [3.8, 4) is 28.6 Å². The van der Waals surface area contributed by atoms with Crippen LogP contribution in [0.15, 0.2) is 41.5 Å². The van der Waals surface area contributed by atoms with Gasteiger partial charge in [0.2, 0.25) is 10.5 Å². The van der Waals surface area contributed by atoms with Crippen LogP contribution in [0.4, 0.5) is 0 Å². The van der Waals surface area contributed by atoms with Crippen LogP contribution in [0.25, 0.3) is 11.4 Å². The molecule has 1 heterocycles. The van der Waals surface area contributed by atoms with Crippen LogP contribution in [0.2, 0.25) is 0 Å². The maximum Gasteiger partial charge on any atom is 0.216 e. The fraction of sp³-hybridized carbons (Fsp3) is 0.211. The third-order valence-electron chi connectivity index (χ3n) is 3.94. The van der Waals surface area contributed by atoms with Crippen molar-refractivity contribution in [2.75, 3.05) is 21.3 Å². The van der Waals surface area contributed by atoms with Gasteiger partial charge in [0.1, 0.15) is 0 Å². The second kappa shape index (κ2) is 8.05. The number of aromatic amines is 1. The number of aromatic nitrogens is 3. The summed E-state index contributed by atoms with van der Waals surface area (Å²) in [7, 11) is 4.70. The number of nitrogens with zero attached hydrogens (tertiary/aromatic N) is 3. The van der Waals surface area contributed by atoms with Gasteiger partial charge in [0.15, 0.2) is 17.3 Å². The summed E-state index contributed by atoms with van der Waals surface area (Å²) < 4.78 is 18.1. The molecule has 27 heavy (non-hydrogen) atoms. The summed E-state index contributed by atoms with van der Waals surface area (Å²) in [6.07, 6.45) is 1.66. The van der Waals surface area contributed by atoms with Gasteiger partial charge >= 0.3 is 0 Å². The summed E-state index contributed by atoms with van der Waals surface area (Å²) in [6, 6.07) is 11.6. The quantitative estimate of drug-likeness (QED) is 0.517. The van der Waals surface area contributed by atoms with Crippen LogP contribution < -0.4 is 14.2 Å². The highest BCUT2D eigenvalue weighted by atomic mass is 32.1. The van der Waals surface area contributed by atoms with E-state index in [-0.39, 0.29) is 0 Å². The Hall–Kier alpha value is -3.13. The molecular weight excluding hydrogens is 364 g/mol. The van der Waals surface area contributed by atoms with E-state index in [1.807, 2.05) is 31.2 Å². The lowest BCUT2D eigenvalue weighted by molar-refractivity contribution is 0.324. The second-order valence-electron chi connectivity index (χ2n) is 5.74. The Kier molecular flexibility index (Phi) is 5.56. The summed E-state index contributed by atoms with van der Waals surface area (Å²) in [4.78, 5) is 0. The highest BCUT2D eigenvalue weighted by molar-refractivity contribution is 7.71. The zero-order valence-corrected chi connectivity index (χ0v) is 16.3. The molecule has 0 unspecified atom stereocenters. The van der Waals surface area contributed by atoms with Gasteiger partial charge in [-0.15, -0.1) is 0 Å². The topological polar surface area (TPSA) is 73.7 Å². The van der Waals surface area contributed by atoms with Gasteiger partial charge in [-0.05, 0) is 37.3 Å². The Bertz CT molecular complexity index is 1010. The molecule has 1 aromatic heterocycles. The third kappa shape index (κ3) is 3.85. The van der Waals surface area contributed by atoms with Crippen LogP contribution in [-0.2, 0) is 0 Å². The van der Waals surface area contributed by atoms with E-state index in [4.69, 9.17) is 26.4 Å². The molecule has 8 heteroatoms. The zero-order valence-electron chi connectivity index (χ0n) is 15.5. The largest absolute Gasteiger partial charge is 0.493 e. The van der Waals surface area contributed by atoms with Crippen molar-refractivity contribution in [2.45, 2.75) is 6.92 Å². The van der Waals surface area contributed by atoms with Crippen molar-refractivity contribution in [1.29, 1.82) is 0 Å². The average Bonchev–Trinajstić information content (AvgIpc) is 3.05. The number of benzene rings is 2. The van der Waals surface area contributed by atoms with Crippen molar-refractivity contribution in [3.05, 3.63) is 52.3 Å².